The first-order valence-electron chi connectivity index (χ1n) is 5.65. The highest BCUT2D eigenvalue weighted by atomic mass is 15.3. The predicted molar refractivity (Wildman–Crippen MR) is 67.8 cm³/mol. The fourth-order valence-corrected chi connectivity index (χ4v) is 1.96. The van der Waals surface area contributed by atoms with Crippen molar-refractivity contribution >= 4 is 10.9 Å². The third-order valence-electron chi connectivity index (χ3n) is 2.79. The molecular formula is C14H13N3. The van der Waals surface area contributed by atoms with Crippen LogP contribution in [-0.2, 0) is 6.54 Å². The molecule has 2 aromatic heterocycles. The second-order valence-corrected chi connectivity index (χ2v) is 4.19. The number of aryl methyl sites for hydroxylation is 1. The Kier molecular flexibility index (Phi) is 2.37. The van der Waals surface area contributed by atoms with Crippen LogP contribution in [0.15, 0.2) is 48.8 Å². The number of pyridine rings is 1. The topological polar surface area (TPSA) is 30.7 Å². The maximum Gasteiger partial charge on any atom is 0.0702 e. The quantitative estimate of drug-likeness (QED) is 0.668. The Morgan fingerprint density at radius 2 is 2.12 bits per heavy atom. The third-order valence-corrected chi connectivity index (χ3v) is 2.79. The van der Waals surface area contributed by atoms with Crippen LogP contribution in [0.3, 0.4) is 0 Å². The number of rotatable bonds is 2. The van der Waals surface area contributed by atoms with E-state index in [1.54, 1.807) is 0 Å². The van der Waals surface area contributed by atoms with Crippen molar-refractivity contribution in [2.75, 3.05) is 0 Å². The maximum atomic E-state index is 4.39. The fraction of sp³-hybridized carbons (Fsp3) is 0.143. The summed E-state index contributed by atoms with van der Waals surface area (Å²) in [5.74, 6) is 0. The second-order valence-electron chi connectivity index (χ2n) is 4.19. The molecular weight excluding hydrogens is 210 g/mol. The molecule has 3 nitrogen and oxygen atoms in total. The molecule has 0 atom stereocenters. The SMILES string of the molecule is Cc1ccn(Cc2ccc3ncccc3c2)n1. The summed E-state index contributed by atoms with van der Waals surface area (Å²) < 4.78 is 1.95. The molecule has 84 valence electrons. The molecule has 0 saturated heterocycles. The van der Waals surface area contributed by atoms with Gasteiger partial charge in [-0.15, -0.1) is 0 Å². The average Bonchev–Trinajstić information content (AvgIpc) is 2.75. The molecule has 0 radical (unpaired) electrons. The van der Waals surface area contributed by atoms with E-state index in [4.69, 9.17) is 0 Å². The Morgan fingerprint density at radius 1 is 1.18 bits per heavy atom. The number of fused-ring (bicyclic) bond motifs is 1. The molecule has 0 fully saturated rings. The van der Waals surface area contributed by atoms with Crippen molar-refractivity contribution in [3.8, 4) is 0 Å². The molecule has 3 aromatic rings. The summed E-state index contributed by atoms with van der Waals surface area (Å²) in [6.45, 7) is 2.81. The summed E-state index contributed by atoms with van der Waals surface area (Å²) in [7, 11) is 0. The molecule has 0 saturated carbocycles. The Bertz CT molecular complexity index is 655. The molecule has 0 unspecified atom stereocenters. The molecule has 0 amide bonds. The van der Waals surface area contributed by atoms with Crippen LogP contribution in [-0.4, -0.2) is 14.8 Å². The van der Waals surface area contributed by atoms with Gasteiger partial charge in [-0.05, 0) is 36.8 Å². The Morgan fingerprint density at radius 3 is 2.94 bits per heavy atom. The van der Waals surface area contributed by atoms with Crippen molar-refractivity contribution in [2.45, 2.75) is 13.5 Å². The molecule has 0 aliphatic heterocycles. The van der Waals surface area contributed by atoms with Crippen LogP contribution in [0.1, 0.15) is 11.3 Å². The van der Waals surface area contributed by atoms with Crippen LogP contribution in [0.4, 0.5) is 0 Å². The predicted octanol–water partition coefficient (Wildman–Crippen LogP) is 2.79. The van der Waals surface area contributed by atoms with Gasteiger partial charge in [0.15, 0.2) is 0 Å². The number of nitrogens with zero attached hydrogens (tertiary/aromatic N) is 3. The zero-order valence-corrected chi connectivity index (χ0v) is 9.67. The van der Waals surface area contributed by atoms with Crippen molar-refractivity contribution in [1.82, 2.24) is 14.8 Å². The van der Waals surface area contributed by atoms with E-state index in [1.807, 2.05) is 36.1 Å². The van der Waals surface area contributed by atoms with Crippen LogP contribution >= 0.6 is 0 Å². The van der Waals surface area contributed by atoms with Gasteiger partial charge in [-0.3, -0.25) is 9.67 Å². The normalized spacial score (nSPS) is 10.9. The molecule has 0 spiro atoms. The number of benzene rings is 1. The van der Waals surface area contributed by atoms with Gasteiger partial charge in [0.1, 0.15) is 0 Å². The van der Waals surface area contributed by atoms with Gasteiger partial charge >= 0.3 is 0 Å². The second kappa shape index (κ2) is 4.01. The van der Waals surface area contributed by atoms with Gasteiger partial charge < -0.3 is 0 Å². The van der Waals surface area contributed by atoms with Gasteiger partial charge in [0.05, 0.1) is 17.8 Å². The van der Waals surface area contributed by atoms with Crippen LogP contribution in [0.2, 0.25) is 0 Å². The van der Waals surface area contributed by atoms with E-state index < -0.39 is 0 Å². The number of aromatic nitrogens is 3. The van der Waals surface area contributed by atoms with Crippen molar-refractivity contribution < 1.29 is 0 Å². The van der Waals surface area contributed by atoms with E-state index in [0.29, 0.717) is 0 Å². The summed E-state index contributed by atoms with van der Waals surface area (Å²) in [6.07, 6.45) is 3.82. The molecule has 2 heterocycles. The van der Waals surface area contributed by atoms with Gasteiger partial charge in [0, 0.05) is 17.8 Å². The average molecular weight is 223 g/mol. The van der Waals surface area contributed by atoms with Crippen LogP contribution in [0, 0.1) is 6.92 Å². The molecule has 0 aliphatic carbocycles. The van der Waals surface area contributed by atoms with E-state index >= 15 is 0 Å². The van der Waals surface area contributed by atoms with E-state index in [-0.39, 0.29) is 0 Å². The van der Waals surface area contributed by atoms with Crippen molar-refractivity contribution in [3.63, 3.8) is 0 Å². The lowest BCUT2D eigenvalue weighted by molar-refractivity contribution is 0.680. The van der Waals surface area contributed by atoms with Gasteiger partial charge in [-0.25, -0.2) is 0 Å². The molecule has 0 aliphatic rings. The minimum absolute atomic E-state index is 0.804. The minimum Gasteiger partial charge on any atom is -0.268 e. The monoisotopic (exact) mass is 223 g/mol. The zero-order valence-electron chi connectivity index (χ0n) is 9.67. The lowest BCUT2D eigenvalue weighted by Gasteiger charge is -2.03. The van der Waals surface area contributed by atoms with E-state index in [9.17, 15) is 0 Å². The molecule has 0 N–H and O–H groups in total. The first-order chi connectivity index (χ1) is 8.31. The first kappa shape index (κ1) is 10.0. The maximum absolute atomic E-state index is 4.39. The van der Waals surface area contributed by atoms with E-state index in [2.05, 4.69) is 34.3 Å². The lowest BCUT2D eigenvalue weighted by Crippen LogP contribution is -2.00. The van der Waals surface area contributed by atoms with Crippen LogP contribution in [0.5, 0.6) is 0 Å². The Hall–Kier alpha value is -2.16. The summed E-state index contributed by atoms with van der Waals surface area (Å²) >= 11 is 0. The van der Waals surface area contributed by atoms with E-state index in [1.165, 1.54) is 10.9 Å². The summed E-state index contributed by atoms with van der Waals surface area (Å²) in [5, 5.41) is 5.56. The molecule has 0 bridgehead atoms. The highest BCUT2D eigenvalue weighted by molar-refractivity contribution is 5.78. The Balaban J connectivity index is 1.95. The highest BCUT2D eigenvalue weighted by Crippen LogP contribution is 2.14. The molecule has 1 aromatic carbocycles. The third kappa shape index (κ3) is 2.04. The Labute approximate surface area is 99.7 Å². The fourth-order valence-electron chi connectivity index (χ4n) is 1.96. The smallest absolute Gasteiger partial charge is 0.0702 e. The number of hydrogen-bond donors (Lipinski definition) is 0. The largest absolute Gasteiger partial charge is 0.268 e. The molecule has 17 heavy (non-hydrogen) atoms. The molecule has 3 heteroatoms. The van der Waals surface area contributed by atoms with Crippen LogP contribution in [0.25, 0.3) is 10.9 Å². The summed E-state index contributed by atoms with van der Waals surface area (Å²) in [5.41, 5.74) is 3.33. The van der Waals surface area contributed by atoms with Crippen molar-refractivity contribution in [1.29, 1.82) is 0 Å². The van der Waals surface area contributed by atoms with E-state index in [0.717, 1.165) is 17.8 Å². The summed E-state index contributed by atoms with van der Waals surface area (Å²) in [6, 6.07) is 12.4. The lowest BCUT2D eigenvalue weighted by atomic mass is 10.1. The highest BCUT2D eigenvalue weighted by Gasteiger charge is 1.99. The van der Waals surface area contributed by atoms with Crippen LogP contribution < -0.4 is 0 Å². The number of hydrogen-bond acceptors (Lipinski definition) is 2. The molecule has 3 rings (SSSR count). The zero-order chi connectivity index (χ0) is 11.7. The van der Waals surface area contributed by atoms with Crippen molar-refractivity contribution in [2.24, 2.45) is 0 Å². The van der Waals surface area contributed by atoms with Gasteiger partial charge in [-0.1, -0.05) is 12.1 Å². The van der Waals surface area contributed by atoms with Gasteiger partial charge in [-0.2, -0.15) is 5.10 Å². The van der Waals surface area contributed by atoms with Gasteiger partial charge in [0.2, 0.25) is 0 Å². The van der Waals surface area contributed by atoms with Gasteiger partial charge in [0.25, 0.3) is 0 Å². The standard InChI is InChI=1S/C14H13N3/c1-11-6-8-17(16-11)10-12-4-5-14-13(9-12)3-2-7-15-14/h2-9H,10H2,1H3. The van der Waals surface area contributed by atoms with Crippen molar-refractivity contribution in [3.05, 3.63) is 60.0 Å². The first-order valence-corrected chi connectivity index (χ1v) is 5.65. The minimum atomic E-state index is 0.804. The summed E-state index contributed by atoms with van der Waals surface area (Å²) in [4.78, 5) is 4.31.